The second kappa shape index (κ2) is 8.13. The van der Waals surface area contributed by atoms with E-state index in [4.69, 9.17) is 0 Å². The first-order valence-electron chi connectivity index (χ1n) is 9.69. The zero-order chi connectivity index (χ0) is 20.4. The van der Waals surface area contributed by atoms with Gasteiger partial charge in [-0.1, -0.05) is 54.6 Å². The maximum atomic E-state index is 14.0. The van der Waals surface area contributed by atoms with Crippen molar-refractivity contribution in [1.82, 2.24) is 4.90 Å². The Bertz CT molecular complexity index is 1000. The average Bonchev–Trinajstić information content (AvgIpc) is 2.74. The molecule has 4 rings (SSSR count). The fourth-order valence-electron chi connectivity index (χ4n) is 3.83. The highest BCUT2D eigenvalue weighted by Gasteiger charge is 2.34. The molecule has 1 atom stereocenters. The molecule has 3 aromatic carbocycles. The maximum Gasteiger partial charge on any atom is 0.244 e. The summed E-state index contributed by atoms with van der Waals surface area (Å²) in [5.74, 6) is -1.24. The molecule has 1 amide bonds. The van der Waals surface area contributed by atoms with Crippen molar-refractivity contribution < 1.29 is 13.6 Å². The highest BCUT2D eigenvalue weighted by atomic mass is 19.1. The molecule has 1 aliphatic heterocycles. The summed E-state index contributed by atoms with van der Waals surface area (Å²) in [4.78, 5) is 16.8. The van der Waals surface area contributed by atoms with Gasteiger partial charge in [0.1, 0.15) is 11.6 Å². The fourth-order valence-corrected chi connectivity index (χ4v) is 3.83. The van der Waals surface area contributed by atoms with Gasteiger partial charge in [0, 0.05) is 30.8 Å². The van der Waals surface area contributed by atoms with Gasteiger partial charge in [0.25, 0.3) is 0 Å². The highest BCUT2D eigenvalue weighted by molar-refractivity contribution is 6.01. The number of para-hydroxylation sites is 1. The van der Waals surface area contributed by atoms with E-state index in [9.17, 15) is 13.6 Å². The lowest BCUT2D eigenvalue weighted by Crippen LogP contribution is -2.55. The predicted octanol–water partition coefficient (Wildman–Crippen LogP) is 4.87. The van der Waals surface area contributed by atoms with E-state index in [1.165, 1.54) is 18.2 Å². The summed E-state index contributed by atoms with van der Waals surface area (Å²) in [7, 11) is 0. The largest absolute Gasteiger partial charge is 0.309 e. The van der Waals surface area contributed by atoms with E-state index < -0.39 is 17.7 Å². The van der Waals surface area contributed by atoms with Crippen LogP contribution in [0.25, 0.3) is 11.1 Å². The zero-order valence-corrected chi connectivity index (χ0v) is 16.2. The summed E-state index contributed by atoms with van der Waals surface area (Å²) < 4.78 is 28.1. The van der Waals surface area contributed by atoms with Gasteiger partial charge in [-0.05, 0) is 30.7 Å². The molecule has 0 radical (unpaired) electrons. The Labute approximate surface area is 169 Å². The molecule has 0 N–H and O–H groups in total. The number of rotatable bonds is 4. The first-order valence-corrected chi connectivity index (χ1v) is 9.69. The van der Waals surface area contributed by atoms with Crippen molar-refractivity contribution >= 4 is 11.6 Å². The molecule has 0 aliphatic carbocycles. The lowest BCUT2D eigenvalue weighted by atomic mass is 10.0. The smallest absolute Gasteiger partial charge is 0.244 e. The van der Waals surface area contributed by atoms with Crippen molar-refractivity contribution in [3.05, 3.63) is 90.0 Å². The minimum Gasteiger partial charge on any atom is -0.309 e. The second-order valence-electron chi connectivity index (χ2n) is 7.22. The molecule has 0 spiro atoms. The molecule has 5 heteroatoms. The molecule has 0 saturated carbocycles. The van der Waals surface area contributed by atoms with Crippen molar-refractivity contribution in [3.8, 4) is 11.1 Å². The number of amides is 1. The molecule has 1 aliphatic rings. The molecular formula is C24H22F2N2O. The fraction of sp³-hybridized carbons (Fsp3) is 0.208. The number of nitrogens with zero attached hydrogens (tertiary/aromatic N) is 2. The lowest BCUT2D eigenvalue weighted by molar-refractivity contribution is -0.125. The van der Waals surface area contributed by atoms with Crippen molar-refractivity contribution in [2.75, 3.05) is 18.0 Å². The second-order valence-corrected chi connectivity index (χ2v) is 7.22. The molecule has 0 unspecified atom stereocenters. The molecule has 1 saturated heterocycles. The molecule has 0 aromatic heterocycles. The first kappa shape index (κ1) is 19.3. The van der Waals surface area contributed by atoms with Crippen molar-refractivity contribution in [2.45, 2.75) is 19.5 Å². The summed E-state index contributed by atoms with van der Waals surface area (Å²) >= 11 is 0. The predicted molar refractivity (Wildman–Crippen MR) is 110 cm³/mol. The number of hydrogen-bond acceptors (Lipinski definition) is 2. The third kappa shape index (κ3) is 3.78. The maximum absolute atomic E-state index is 14.0. The van der Waals surface area contributed by atoms with E-state index in [1.807, 2.05) is 59.5 Å². The van der Waals surface area contributed by atoms with Crippen LogP contribution in [0.1, 0.15) is 12.5 Å². The molecule has 148 valence electrons. The molecular weight excluding hydrogens is 370 g/mol. The van der Waals surface area contributed by atoms with Gasteiger partial charge >= 0.3 is 0 Å². The highest BCUT2D eigenvalue weighted by Crippen LogP contribution is 2.32. The van der Waals surface area contributed by atoms with Gasteiger partial charge in [0.05, 0.1) is 11.7 Å². The van der Waals surface area contributed by atoms with Gasteiger partial charge in [-0.3, -0.25) is 9.69 Å². The summed E-state index contributed by atoms with van der Waals surface area (Å²) in [6.07, 6.45) is 0. The number of anilines is 1. The third-order valence-corrected chi connectivity index (χ3v) is 5.48. The lowest BCUT2D eigenvalue weighted by Gasteiger charge is -2.39. The summed E-state index contributed by atoms with van der Waals surface area (Å²) in [6, 6.07) is 21.1. The summed E-state index contributed by atoms with van der Waals surface area (Å²) in [5, 5.41) is 0. The quantitative estimate of drug-likeness (QED) is 0.633. The standard InChI is InChI=1S/C24H22F2N2O/c1-17-24(29)28(15-14-27(17)16-20-21(25)11-7-12-22(20)26)23-13-6-5-10-19(23)18-8-3-2-4-9-18/h2-13,17H,14-16H2,1H3/t17-/m0/s1. The van der Waals surface area contributed by atoms with E-state index >= 15 is 0 Å². The normalized spacial score (nSPS) is 17.6. The summed E-state index contributed by atoms with van der Waals surface area (Å²) in [5.41, 5.74) is 2.89. The van der Waals surface area contributed by atoms with Crippen LogP contribution in [0.15, 0.2) is 72.8 Å². The van der Waals surface area contributed by atoms with Crippen molar-refractivity contribution in [3.63, 3.8) is 0 Å². The number of benzene rings is 3. The van der Waals surface area contributed by atoms with Crippen LogP contribution in [-0.2, 0) is 11.3 Å². The van der Waals surface area contributed by atoms with Crippen molar-refractivity contribution in [2.24, 2.45) is 0 Å². The molecule has 3 aromatic rings. The molecule has 29 heavy (non-hydrogen) atoms. The Morgan fingerprint density at radius 3 is 2.24 bits per heavy atom. The SMILES string of the molecule is C[C@H]1C(=O)N(c2ccccc2-c2ccccc2)CCN1Cc1c(F)cccc1F. The molecule has 1 heterocycles. The monoisotopic (exact) mass is 392 g/mol. The van der Waals surface area contributed by atoms with Gasteiger partial charge in [0.15, 0.2) is 0 Å². The average molecular weight is 392 g/mol. The number of hydrogen-bond donors (Lipinski definition) is 0. The van der Waals surface area contributed by atoms with Crippen LogP contribution in [0, 0.1) is 11.6 Å². The molecule has 1 fully saturated rings. The first-order chi connectivity index (χ1) is 14.1. The van der Waals surface area contributed by atoms with Crippen LogP contribution in [0.3, 0.4) is 0 Å². The minimum atomic E-state index is -0.582. The van der Waals surface area contributed by atoms with Crippen LogP contribution in [0.5, 0.6) is 0 Å². The van der Waals surface area contributed by atoms with Gasteiger partial charge < -0.3 is 4.90 Å². The Morgan fingerprint density at radius 1 is 0.862 bits per heavy atom. The minimum absolute atomic E-state index is 0.00489. The van der Waals surface area contributed by atoms with Crippen LogP contribution >= 0.6 is 0 Å². The number of carbonyl (C=O) groups is 1. The van der Waals surface area contributed by atoms with Gasteiger partial charge in [-0.25, -0.2) is 8.78 Å². The van der Waals surface area contributed by atoms with E-state index in [0.29, 0.717) is 13.1 Å². The van der Waals surface area contributed by atoms with E-state index in [2.05, 4.69) is 0 Å². The third-order valence-electron chi connectivity index (χ3n) is 5.48. The molecule has 0 bridgehead atoms. The van der Waals surface area contributed by atoms with Crippen LogP contribution in [-0.4, -0.2) is 29.9 Å². The Kier molecular flexibility index (Phi) is 5.41. The number of carbonyl (C=O) groups excluding carboxylic acids is 1. The Balaban J connectivity index is 1.59. The van der Waals surface area contributed by atoms with E-state index in [0.717, 1.165) is 16.8 Å². The molecule has 3 nitrogen and oxygen atoms in total. The Morgan fingerprint density at radius 2 is 1.52 bits per heavy atom. The van der Waals surface area contributed by atoms with Crippen molar-refractivity contribution in [1.29, 1.82) is 0 Å². The number of halogens is 2. The Hall–Kier alpha value is -3.05. The van der Waals surface area contributed by atoms with Crippen LogP contribution in [0.2, 0.25) is 0 Å². The zero-order valence-electron chi connectivity index (χ0n) is 16.2. The van der Waals surface area contributed by atoms with Gasteiger partial charge in [-0.2, -0.15) is 0 Å². The number of piperazine rings is 1. The van der Waals surface area contributed by atoms with Crippen LogP contribution in [0.4, 0.5) is 14.5 Å². The topological polar surface area (TPSA) is 23.6 Å². The van der Waals surface area contributed by atoms with Gasteiger partial charge in [0.2, 0.25) is 5.91 Å². The van der Waals surface area contributed by atoms with Gasteiger partial charge in [-0.15, -0.1) is 0 Å². The van der Waals surface area contributed by atoms with E-state index in [-0.39, 0.29) is 18.0 Å². The van der Waals surface area contributed by atoms with Crippen LogP contribution < -0.4 is 4.90 Å². The summed E-state index contributed by atoms with van der Waals surface area (Å²) in [6.45, 7) is 2.85. The van der Waals surface area contributed by atoms with E-state index in [1.54, 1.807) is 11.8 Å².